The molecule has 0 radical (unpaired) electrons. The summed E-state index contributed by atoms with van der Waals surface area (Å²) in [4.78, 5) is 25.0. The Morgan fingerprint density at radius 3 is 2.33 bits per heavy atom. The van der Waals surface area contributed by atoms with E-state index in [4.69, 9.17) is 5.41 Å². The molecular formula is C19H15N7O. The van der Waals surface area contributed by atoms with E-state index < -0.39 is 0 Å². The third kappa shape index (κ3) is 3.36. The third-order valence-electron chi connectivity index (χ3n) is 3.88. The number of fused-ring (bicyclic) bond motifs is 1. The number of aromatic nitrogens is 4. The van der Waals surface area contributed by atoms with Crippen molar-refractivity contribution in [2.75, 3.05) is 10.7 Å². The van der Waals surface area contributed by atoms with Crippen LogP contribution in [0.15, 0.2) is 73.3 Å². The zero-order chi connectivity index (χ0) is 18.6. The van der Waals surface area contributed by atoms with Crippen LogP contribution < -0.4 is 16.2 Å². The number of hydrogen-bond acceptors (Lipinski definition) is 6. The lowest BCUT2D eigenvalue weighted by Crippen LogP contribution is -2.33. The quantitative estimate of drug-likeness (QED) is 0.520. The van der Waals surface area contributed by atoms with Crippen LogP contribution >= 0.6 is 0 Å². The molecule has 0 saturated heterocycles. The summed E-state index contributed by atoms with van der Waals surface area (Å²) in [6.07, 6.45) is 2.72. The van der Waals surface area contributed by atoms with Crippen LogP contribution in [0.3, 0.4) is 0 Å². The first-order chi connectivity index (χ1) is 13.2. The minimum absolute atomic E-state index is 0.00259. The predicted molar refractivity (Wildman–Crippen MR) is 101 cm³/mol. The van der Waals surface area contributed by atoms with Gasteiger partial charge in [-0.1, -0.05) is 36.4 Å². The van der Waals surface area contributed by atoms with Gasteiger partial charge in [-0.15, -0.1) is 0 Å². The second-order valence-corrected chi connectivity index (χ2v) is 5.68. The predicted octanol–water partition coefficient (Wildman–Crippen LogP) is 2.43. The van der Waals surface area contributed by atoms with Crippen LogP contribution in [0, 0.1) is 5.41 Å². The first-order valence-electron chi connectivity index (χ1n) is 8.18. The molecule has 0 aliphatic carbocycles. The van der Waals surface area contributed by atoms with Gasteiger partial charge in [-0.3, -0.25) is 15.6 Å². The summed E-state index contributed by atoms with van der Waals surface area (Å²) in [6, 6.07) is 18.3. The monoisotopic (exact) mass is 357 g/mol. The maximum absolute atomic E-state index is 12.3. The standard InChI is InChI=1S/C19H15N7O/c20-17-15-16(18(22-11-21-15)24-14-9-5-2-6-10-14)23-12-26(17)25-19(27)13-7-3-1-4-8-13/h1-12,20H,(H,25,27)(H,21,22,24). The minimum Gasteiger partial charge on any atom is -0.338 e. The van der Waals surface area contributed by atoms with Gasteiger partial charge in [0.1, 0.15) is 23.7 Å². The molecule has 0 unspecified atom stereocenters. The fraction of sp³-hybridized carbons (Fsp3) is 0. The van der Waals surface area contributed by atoms with E-state index in [0.29, 0.717) is 22.4 Å². The molecule has 8 heteroatoms. The van der Waals surface area contributed by atoms with E-state index in [9.17, 15) is 4.79 Å². The highest BCUT2D eigenvalue weighted by atomic mass is 16.2. The van der Waals surface area contributed by atoms with Crippen LogP contribution in [0.4, 0.5) is 11.5 Å². The number of nitrogens with one attached hydrogen (secondary N) is 3. The molecule has 4 rings (SSSR count). The van der Waals surface area contributed by atoms with Crippen molar-refractivity contribution >= 4 is 28.4 Å². The van der Waals surface area contributed by atoms with Gasteiger partial charge >= 0.3 is 0 Å². The van der Waals surface area contributed by atoms with Gasteiger partial charge in [0.05, 0.1) is 0 Å². The topological polar surface area (TPSA) is 109 Å². The van der Waals surface area contributed by atoms with Crippen molar-refractivity contribution in [1.29, 1.82) is 5.41 Å². The summed E-state index contributed by atoms with van der Waals surface area (Å²) in [5.74, 6) is 0.146. The van der Waals surface area contributed by atoms with Crippen LogP contribution in [0.2, 0.25) is 0 Å². The Bertz CT molecular complexity index is 1160. The molecule has 2 aromatic carbocycles. The number of carbonyl (C=O) groups is 1. The minimum atomic E-state index is -0.341. The van der Waals surface area contributed by atoms with E-state index in [2.05, 4.69) is 25.7 Å². The van der Waals surface area contributed by atoms with E-state index in [0.717, 1.165) is 5.69 Å². The molecule has 1 amide bonds. The molecule has 0 bridgehead atoms. The maximum atomic E-state index is 12.3. The van der Waals surface area contributed by atoms with Crippen LogP contribution in [0.1, 0.15) is 10.4 Å². The maximum Gasteiger partial charge on any atom is 0.270 e. The SMILES string of the molecule is N=c1c2ncnc(Nc3ccccc3)c2ncn1NC(=O)c1ccccc1. The Balaban J connectivity index is 1.68. The van der Waals surface area contributed by atoms with Crippen molar-refractivity contribution in [1.82, 2.24) is 19.6 Å². The van der Waals surface area contributed by atoms with E-state index >= 15 is 0 Å². The number of amides is 1. The average Bonchev–Trinajstić information content (AvgIpc) is 2.72. The Labute approximate surface area is 154 Å². The highest BCUT2D eigenvalue weighted by Crippen LogP contribution is 2.18. The van der Waals surface area contributed by atoms with Crippen LogP contribution in [-0.2, 0) is 0 Å². The number of benzene rings is 2. The molecule has 0 spiro atoms. The number of nitrogens with zero attached hydrogens (tertiary/aromatic N) is 4. The van der Waals surface area contributed by atoms with Gasteiger partial charge in [-0.05, 0) is 24.3 Å². The van der Waals surface area contributed by atoms with E-state index in [1.54, 1.807) is 24.3 Å². The summed E-state index contributed by atoms with van der Waals surface area (Å²) in [5.41, 5.74) is 4.73. The highest BCUT2D eigenvalue weighted by Gasteiger charge is 2.11. The first-order valence-corrected chi connectivity index (χ1v) is 8.18. The molecule has 0 aliphatic heterocycles. The second-order valence-electron chi connectivity index (χ2n) is 5.68. The summed E-state index contributed by atoms with van der Waals surface area (Å²) >= 11 is 0. The zero-order valence-electron chi connectivity index (χ0n) is 14.1. The lowest BCUT2D eigenvalue weighted by Gasteiger charge is -2.11. The van der Waals surface area contributed by atoms with E-state index in [1.165, 1.54) is 17.3 Å². The van der Waals surface area contributed by atoms with Gasteiger partial charge in [0, 0.05) is 11.3 Å². The van der Waals surface area contributed by atoms with Gasteiger partial charge in [0.2, 0.25) is 0 Å². The highest BCUT2D eigenvalue weighted by molar-refractivity contribution is 6.00. The van der Waals surface area contributed by atoms with Crippen molar-refractivity contribution < 1.29 is 4.79 Å². The second kappa shape index (κ2) is 7.04. The van der Waals surface area contributed by atoms with Crippen molar-refractivity contribution in [3.63, 3.8) is 0 Å². The number of carbonyl (C=O) groups excluding carboxylic acids is 1. The lowest BCUT2D eigenvalue weighted by molar-refractivity contribution is 0.101. The Hall–Kier alpha value is -4.07. The number of para-hydroxylation sites is 1. The Morgan fingerprint density at radius 1 is 0.889 bits per heavy atom. The van der Waals surface area contributed by atoms with Gasteiger partial charge in [0.25, 0.3) is 5.91 Å². The molecule has 0 fully saturated rings. The summed E-state index contributed by atoms with van der Waals surface area (Å²) in [5, 5.41) is 11.5. The van der Waals surface area contributed by atoms with Crippen LogP contribution in [0.5, 0.6) is 0 Å². The zero-order valence-corrected chi connectivity index (χ0v) is 14.1. The van der Waals surface area contributed by atoms with Gasteiger partial charge < -0.3 is 5.32 Å². The molecule has 4 aromatic rings. The van der Waals surface area contributed by atoms with Crippen molar-refractivity contribution in [3.05, 3.63) is 84.4 Å². The van der Waals surface area contributed by atoms with E-state index in [-0.39, 0.29) is 11.4 Å². The molecule has 132 valence electrons. The van der Waals surface area contributed by atoms with Crippen LogP contribution in [-0.4, -0.2) is 25.5 Å². The van der Waals surface area contributed by atoms with Gasteiger partial charge in [-0.25, -0.2) is 19.6 Å². The smallest absolute Gasteiger partial charge is 0.270 e. The molecule has 2 heterocycles. The van der Waals surface area contributed by atoms with Gasteiger partial charge in [-0.2, -0.15) is 0 Å². The van der Waals surface area contributed by atoms with Gasteiger partial charge in [0.15, 0.2) is 11.3 Å². The van der Waals surface area contributed by atoms with Crippen LogP contribution in [0.25, 0.3) is 11.0 Å². The van der Waals surface area contributed by atoms with Crippen molar-refractivity contribution in [3.8, 4) is 0 Å². The first kappa shape index (κ1) is 16.4. The van der Waals surface area contributed by atoms with Crippen molar-refractivity contribution in [2.24, 2.45) is 0 Å². The molecular weight excluding hydrogens is 342 g/mol. The lowest BCUT2D eigenvalue weighted by atomic mass is 10.2. The Kier molecular flexibility index (Phi) is 4.28. The fourth-order valence-corrected chi connectivity index (χ4v) is 2.56. The van der Waals surface area contributed by atoms with Crippen molar-refractivity contribution in [2.45, 2.75) is 0 Å². The number of anilines is 2. The largest absolute Gasteiger partial charge is 0.338 e. The molecule has 0 aliphatic rings. The molecule has 2 aromatic heterocycles. The summed E-state index contributed by atoms with van der Waals surface area (Å²) in [6.45, 7) is 0. The molecule has 3 N–H and O–H groups in total. The molecule has 8 nitrogen and oxygen atoms in total. The van der Waals surface area contributed by atoms with E-state index in [1.807, 2.05) is 36.4 Å². The summed E-state index contributed by atoms with van der Waals surface area (Å²) in [7, 11) is 0. The summed E-state index contributed by atoms with van der Waals surface area (Å²) < 4.78 is 1.23. The normalized spacial score (nSPS) is 10.5. The molecule has 0 atom stereocenters. The Morgan fingerprint density at radius 2 is 1.59 bits per heavy atom. The fourth-order valence-electron chi connectivity index (χ4n) is 2.56. The third-order valence-corrected chi connectivity index (χ3v) is 3.88. The molecule has 0 saturated carbocycles. The number of hydrogen-bond donors (Lipinski definition) is 3. The average molecular weight is 357 g/mol. The molecule has 27 heavy (non-hydrogen) atoms. The number of rotatable bonds is 4.